The molecule has 13 heavy (non-hydrogen) atoms. The van der Waals surface area contributed by atoms with E-state index in [-0.39, 0.29) is 12.4 Å². The van der Waals surface area contributed by atoms with E-state index in [0.29, 0.717) is 6.42 Å². The molecule has 1 amide bonds. The van der Waals surface area contributed by atoms with Gasteiger partial charge in [0.05, 0.1) is 13.7 Å². The lowest BCUT2D eigenvalue weighted by Crippen LogP contribution is -2.43. The van der Waals surface area contributed by atoms with Gasteiger partial charge in [0.2, 0.25) is 0 Å². The van der Waals surface area contributed by atoms with Crippen molar-refractivity contribution in [2.24, 2.45) is 0 Å². The normalized spacial score (nSPS) is 11.9. The Hall–Kier alpha value is -1.10. The van der Waals surface area contributed by atoms with E-state index in [0.717, 1.165) is 0 Å². The Kier molecular flexibility index (Phi) is 5.88. The number of ketones is 1. The van der Waals surface area contributed by atoms with Crippen molar-refractivity contribution in [3.05, 3.63) is 0 Å². The van der Waals surface area contributed by atoms with Gasteiger partial charge in [-0.05, 0) is 0 Å². The average molecular weight is 189 g/mol. The summed E-state index contributed by atoms with van der Waals surface area (Å²) in [5.74, 6) is -0.0766. The van der Waals surface area contributed by atoms with Gasteiger partial charge < -0.3 is 14.8 Å². The molecule has 5 nitrogen and oxygen atoms in total. The molecule has 0 aromatic heterocycles. The van der Waals surface area contributed by atoms with Gasteiger partial charge in [0, 0.05) is 13.5 Å². The molecule has 0 aliphatic heterocycles. The number of hydrogen-bond donors (Lipinski definition) is 1. The molecule has 0 bridgehead atoms. The highest BCUT2D eigenvalue weighted by Gasteiger charge is 2.18. The maximum absolute atomic E-state index is 11.2. The summed E-state index contributed by atoms with van der Waals surface area (Å²) < 4.78 is 9.15. The van der Waals surface area contributed by atoms with Crippen molar-refractivity contribution in [3.8, 4) is 0 Å². The van der Waals surface area contributed by atoms with Crippen molar-refractivity contribution in [2.75, 3.05) is 20.8 Å². The highest BCUT2D eigenvalue weighted by Crippen LogP contribution is 1.93. The Morgan fingerprint density at radius 2 is 2.00 bits per heavy atom. The first-order valence-corrected chi connectivity index (χ1v) is 4.01. The van der Waals surface area contributed by atoms with Crippen LogP contribution in [0.25, 0.3) is 0 Å². The lowest BCUT2D eigenvalue weighted by molar-refractivity contribution is -0.121. The molecule has 0 heterocycles. The zero-order valence-electron chi connectivity index (χ0n) is 8.12. The molecule has 0 spiro atoms. The molecule has 0 saturated carbocycles. The fourth-order valence-corrected chi connectivity index (χ4v) is 0.829. The quantitative estimate of drug-likeness (QED) is 0.677. The lowest BCUT2D eigenvalue weighted by atomic mass is 10.1. The zero-order chi connectivity index (χ0) is 10.3. The van der Waals surface area contributed by atoms with Crippen molar-refractivity contribution >= 4 is 11.9 Å². The molecular formula is C8H15NO4. The molecule has 1 unspecified atom stereocenters. The Morgan fingerprint density at radius 1 is 1.38 bits per heavy atom. The molecule has 76 valence electrons. The number of carbonyl (C=O) groups excluding carboxylic acids is 2. The van der Waals surface area contributed by atoms with Crippen molar-refractivity contribution < 1.29 is 19.1 Å². The number of hydrogen-bond acceptors (Lipinski definition) is 4. The molecule has 5 heteroatoms. The fraction of sp³-hybridized carbons (Fsp3) is 0.750. The second-order valence-electron chi connectivity index (χ2n) is 2.46. The molecule has 1 atom stereocenters. The van der Waals surface area contributed by atoms with E-state index >= 15 is 0 Å². The molecule has 0 aromatic carbocycles. The summed E-state index contributed by atoms with van der Waals surface area (Å²) in [6.07, 6.45) is -0.262. The van der Waals surface area contributed by atoms with Crippen LogP contribution in [-0.4, -0.2) is 38.7 Å². The second kappa shape index (κ2) is 6.42. The lowest BCUT2D eigenvalue weighted by Gasteiger charge is -2.14. The van der Waals surface area contributed by atoms with Crippen LogP contribution in [0.15, 0.2) is 0 Å². The first-order chi connectivity index (χ1) is 6.15. The maximum atomic E-state index is 11.2. The summed E-state index contributed by atoms with van der Waals surface area (Å²) in [5.41, 5.74) is 0. The van der Waals surface area contributed by atoms with E-state index in [1.807, 2.05) is 0 Å². The monoisotopic (exact) mass is 189 g/mol. The number of Topliss-reactive ketones (excluding diaryl/α,β-unsaturated/α-hetero) is 1. The van der Waals surface area contributed by atoms with Crippen LogP contribution < -0.4 is 5.32 Å². The van der Waals surface area contributed by atoms with Crippen LogP contribution in [0, 0.1) is 0 Å². The van der Waals surface area contributed by atoms with Crippen LogP contribution in [0.2, 0.25) is 0 Å². The minimum atomic E-state index is -0.621. The first-order valence-electron chi connectivity index (χ1n) is 4.01. The van der Waals surface area contributed by atoms with Gasteiger partial charge in [-0.25, -0.2) is 4.79 Å². The van der Waals surface area contributed by atoms with E-state index in [2.05, 4.69) is 10.1 Å². The van der Waals surface area contributed by atoms with Crippen LogP contribution in [0.5, 0.6) is 0 Å². The third-order valence-electron chi connectivity index (χ3n) is 1.55. The van der Waals surface area contributed by atoms with E-state index in [1.54, 1.807) is 6.92 Å². The summed E-state index contributed by atoms with van der Waals surface area (Å²) in [4.78, 5) is 22.0. The maximum Gasteiger partial charge on any atom is 0.407 e. The summed E-state index contributed by atoms with van der Waals surface area (Å²) >= 11 is 0. The second-order valence-corrected chi connectivity index (χ2v) is 2.46. The van der Waals surface area contributed by atoms with Crippen LogP contribution in [0.4, 0.5) is 4.79 Å². The number of carbonyl (C=O) groups is 2. The third-order valence-corrected chi connectivity index (χ3v) is 1.55. The predicted octanol–water partition coefficient (Wildman–Crippen LogP) is 0.337. The third kappa shape index (κ3) is 4.47. The Labute approximate surface area is 77.4 Å². The Balaban J connectivity index is 4.08. The number of nitrogens with one attached hydrogen (secondary N) is 1. The molecule has 0 aromatic rings. The summed E-state index contributed by atoms with van der Waals surface area (Å²) in [5, 5.41) is 2.38. The number of alkyl carbamates (subject to hydrolysis) is 1. The van der Waals surface area contributed by atoms with Gasteiger partial charge in [0.1, 0.15) is 6.04 Å². The van der Waals surface area contributed by atoms with Gasteiger partial charge in [0.25, 0.3) is 0 Å². The molecule has 1 N–H and O–H groups in total. The van der Waals surface area contributed by atoms with E-state index < -0.39 is 12.1 Å². The van der Waals surface area contributed by atoms with Gasteiger partial charge in [0.15, 0.2) is 5.78 Å². The van der Waals surface area contributed by atoms with Crippen LogP contribution >= 0.6 is 0 Å². The number of rotatable bonds is 5. The number of ether oxygens (including phenoxy) is 2. The minimum absolute atomic E-state index is 0.0766. The largest absolute Gasteiger partial charge is 0.453 e. The topological polar surface area (TPSA) is 64.6 Å². The van der Waals surface area contributed by atoms with Crippen molar-refractivity contribution in [3.63, 3.8) is 0 Å². The molecule has 0 fully saturated rings. The fourth-order valence-electron chi connectivity index (χ4n) is 0.829. The zero-order valence-corrected chi connectivity index (χ0v) is 8.12. The van der Waals surface area contributed by atoms with Crippen molar-refractivity contribution in [1.82, 2.24) is 5.32 Å². The van der Waals surface area contributed by atoms with Crippen molar-refractivity contribution in [1.29, 1.82) is 0 Å². The van der Waals surface area contributed by atoms with Gasteiger partial charge in [-0.15, -0.1) is 0 Å². The molecule has 0 radical (unpaired) electrons. The van der Waals surface area contributed by atoms with E-state index in [9.17, 15) is 9.59 Å². The van der Waals surface area contributed by atoms with Gasteiger partial charge in [-0.3, -0.25) is 4.79 Å². The van der Waals surface area contributed by atoms with Gasteiger partial charge >= 0.3 is 6.09 Å². The Morgan fingerprint density at radius 3 is 2.38 bits per heavy atom. The highest BCUT2D eigenvalue weighted by atomic mass is 16.5. The molecule has 0 aliphatic carbocycles. The number of amides is 1. The minimum Gasteiger partial charge on any atom is -0.453 e. The van der Waals surface area contributed by atoms with Crippen molar-refractivity contribution in [2.45, 2.75) is 19.4 Å². The van der Waals surface area contributed by atoms with E-state index in [4.69, 9.17) is 4.74 Å². The summed E-state index contributed by atoms with van der Waals surface area (Å²) in [7, 11) is 2.71. The number of methoxy groups -OCH3 is 2. The van der Waals surface area contributed by atoms with Gasteiger partial charge in [-0.1, -0.05) is 6.92 Å². The molecule has 0 aliphatic rings. The SMILES string of the molecule is CCC(=O)C(COC)NC(=O)OC. The van der Waals surface area contributed by atoms with E-state index in [1.165, 1.54) is 14.2 Å². The standard InChI is InChI=1S/C8H15NO4/c1-4-7(10)6(5-12-2)9-8(11)13-3/h6H,4-5H2,1-3H3,(H,9,11). The van der Waals surface area contributed by atoms with Gasteiger partial charge in [-0.2, -0.15) is 0 Å². The first kappa shape index (κ1) is 11.9. The summed E-state index contributed by atoms with van der Waals surface area (Å²) in [6, 6.07) is -0.609. The molecule has 0 saturated heterocycles. The summed E-state index contributed by atoms with van der Waals surface area (Å²) in [6.45, 7) is 1.89. The predicted molar refractivity (Wildman–Crippen MR) is 46.5 cm³/mol. The highest BCUT2D eigenvalue weighted by molar-refractivity contribution is 5.87. The van der Waals surface area contributed by atoms with Crippen LogP contribution in [-0.2, 0) is 14.3 Å². The molecular weight excluding hydrogens is 174 g/mol. The average Bonchev–Trinajstić information content (AvgIpc) is 2.15. The van der Waals surface area contributed by atoms with Crippen LogP contribution in [0.3, 0.4) is 0 Å². The Bertz CT molecular complexity index is 181. The molecule has 0 rings (SSSR count). The van der Waals surface area contributed by atoms with Crippen LogP contribution in [0.1, 0.15) is 13.3 Å². The smallest absolute Gasteiger partial charge is 0.407 e.